The van der Waals surface area contributed by atoms with Crippen LogP contribution in [-0.4, -0.2) is 21.6 Å². The summed E-state index contributed by atoms with van der Waals surface area (Å²) < 4.78 is 0. The highest BCUT2D eigenvalue weighted by atomic mass is 79.9. The lowest BCUT2D eigenvalue weighted by Crippen LogP contribution is -2.19. The van der Waals surface area contributed by atoms with Crippen molar-refractivity contribution in [1.82, 2.24) is 0 Å². The maximum absolute atomic E-state index is 9.60. The lowest BCUT2D eigenvalue weighted by Gasteiger charge is -2.15. The molecule has 1 rings (SSSR count). The minimum absolute atomic E-state index is 0.352. The van der Waals surface area contributed by atoms with E-state index >= 15 is 0 Å². The summed E-state index contributed by atoms with van der Waals surface area (Å²) in [6, 6.07) is 7.11. The molecule has 72 valence electrons. The van der Waals surface area contributed by atoms with Crippen molar-refractivity contribution in [2.24, 2.45) is 0 Å². The van der Waals surface area contributed by atoms with E-state index in [-0.39, 0.29) is 0 Å². The summed E-state index contributed by atoms with van der Waals surface area (Å²) in [6.07, 6.45) is -1.64. The molecular formula is C9H11BrO2S. The van der Waals surface area contributed by atoms with Crippen molar-refractivity contribution >= 4 is 28.6 Å². The fourth-order valence-corrected chi connectivity index (χ4v) is 1.60. The first kappa shape index (κ1) is 11.0. The zero-order valence-corrected chi connectivity index (χ0v) is 9.37. The van der Waals surface area contributed by atoms with Crippen molar-refractivity contribution < 1.29 is 10.2 Å². The Balaban J connectivity index is 2.82. The highest BCUT2D eigenvalue weighted by Gasteiger charge is 2.16. The molecule has 0 aliphatic heterocycles. The van der Waals surface area contributed by atoms with Crippen LogP contribution in [0.25, 0.3) is 0 Å². The van der Waals surface area contributed by atoms with E-state index in [0.29, 0.717) is 10.9 Å². The molecule has 1 aromatic carbocycles. The minimum atomic E-state index is -0.855. The predicted molar refractivity (Wildman–Crippen MR) is 58.5 cm³/mol. The Morgan fingerprint density at radius 2 is 2.08 bits per heavy atom. The Kier molecular flexibility index (Phi) is 4.25. The summed E-state index contributed by atoms with van der Waals surface area (Å²) in [6.45, 7) is 0. The summed E-state index contributed by atoms with van der Waals surface area (Å²) >= 11 is 7.24. The van der Waals surface area contributed by atoms with Gasteiger partial charge in [-0.25, -0.2) is 0 Å². The van der Waals surface area contributed by atoms with Gasteiger partial charge in [0.25, 0.3) is 0 Å². The molecule has 0 bridgehead atoms. The van der Waals surface area contributed by atoms with Crippen LogP contribution in [0.15, 0.2) is 29.2 Å². The van der Waals surface area contributed by atoms with E-state index in [1.54, 1.807) is 18.2 Å². The summed E-state index contributed by atoms with van der Waals surface area (Å²) in [5.41, 5.74) is 0.680. The lowest BCUT2D eigenvalue weighted by molar-refractivity contribution is 0.0341. The Morgan fingerprint density at radius 1 is 1.38 bits per heavy atom. The largest absolute Gasteiger partial charge is 0.389 e. The Labute approximate surface area is 91.1 Å². The van der Waals surface area contributed by atoms with Crippen LogP contribution in [0.5, 0.6) is 0 Å². The molecule has 0 saturated heterocycles. The molecular weight excluding hydrogens is 252 g/mol. The fraction of sp³-hybridized carbons (Fsp3) is 0.333. The van der Waals surface area contributed by atoms with Crippen LogP contribution in [0.1, 0.15) is 11.7 Å². The van der Waals surface area contributed by atoms with E-state index in [1.807, 2.05) is 6.07 Å². The summed E-state index contributed by atoms with van der Waals surface area (Å²) in [5, 5.41) is 19.3. The van der Waals surface area contributed by atoms with Gasteiger partial charge in [0.05, 0.1) is 6.10 Å². The van der Waals surface area contributed by atoms with E-state index in [1.165, 1.54) is 0 Å². The van der Waals surface area contributed by atoms with Gasteiger partial charge in [0.1, 0.15) is 6.10 Å². The Bertz CT molecular complexity index is 280. The summed E-state index contributed by atoms with van der Waals surface area (Å²) in [5.74, 6) is 0. The Morgan fingerprint density at radius 3 is 2.62 bits per heavy atom. The molecule has 2 nitrogen and oxygen atoms in total. The average molecular weight is 263 g/mol. The van der Waals surface area contributed by atoms with Crippen LogP contribution in [-0.2, 0) is 0 Å². The van der Waals surface area contributed by atoms with Crippen LogP contribution < -0.4 is 0 Å². The van der Waals surface area contributed by atoms with Gasteiger partial charge in [-0.1, -0.05) is 28.1 Å². The monoisotopic (exact) mass is 262 g/mol. The van der Waals surface area contributed by atoms with Gasteiger partial charge in [0.2, 0.25) is 0 Å². The SMILES string of the molecule is OC(CBr)C(O)c1cccc(S)c1. The molecule has 13 heavy (non-hydrogen) atoms. The Hall–Kier alpha value is -0.0300. The number of aliphatic hydroxyl groups is 2. The number of aliphatic hydroxyl groups excluding tert-OH is 2. The first-order valence-corrected chi connectivity index (χ1v) is 5.43. The third-order valence-corrected chi connectivity index (χ3v) is 2.68. The summed E-state index contributed by atoms with van der Waals surface area (Å²) in [7, 11) is 0. The third-order valence-electron chi connectivity index (χ3n) is 1.73. The first-order valence-electron chi connectivity index (χ1n) is 3.86. The van der Waals surface area contributed by atoms with E-state index in [9.17, 15) is 10.2 Å². The fourth-order valence-electron chi connectivity index (χ4n) is 1.02. The second-order valence-corrected chi connectivity index (χ2v) is 3.93. The zero-order chi connectivity index (χ0) is 9.84. The van der Waals surface area contributed by atoms with Crippen LogP contribution >= 0.6 is 28.6 Å². The van der Waals surface area contributed by atoms with Gasteiger partial charge >= 0.3 is 0 Å². The number of rotatable bonds is 3. The van der Waals surface area contributed by atoms with Crippen LogP contribution in [0, 0.1) is 0 Å². The molecule has 2 unspecified atom stereocenters. The number of halogens is 1. The van der Waals surface area contributed by atoms with Crippen molar-refractivity contribution in [2.75, 3.05) is 5.33 Å². The van der Waals surface area contributed by atoms with E-state index in [0.717, 1.165) is 4.90 Å². The van der Waals surface area contributed by atoms with Crippen molar-refractivity contribution in [2.45, 2.75) is 17.1 Å². The van der Waals surface area contributed by atoms with Gasteiger partial charge in [-0.3, -0.25) is 0 Å². The highest BCUT2D eigenvalue weighted by molar-refractivity contribution is 9.09. The molecule has 2 atom stereocenters. The van der Waals surface area contributed by atoms with Gasteiger partial charge in [-0.05, 0) is 17.7 Å². The van der Waals surface area contributed by atoms with E-state index in [4.69, 9.17) is 0 Å². The second-order valence-electron chi connectivity index (χ2n) is 2.76. The molecule has 0 radical (unpaired) electrons. The van der Waals surface area contributed by atoms with Crippen molar-refractivity contribution in [3.05, 3.63) is 29.8 Å². The van der Waals surface area contributed by atoms with E-state index < -0.39 is 12.2 Å². The third kappa shape index (κ3) is 2.98. The van der Waals surface area contributed by atoms with Crippen molar-refractivity contribution in [3.63, 3.8) is 0 Å². The molecule has 1 aromatic rings. The molecule has 0 aliphatic rings. The number of benzene rings is 1. The van der Waals surface area contributed by atoms with Crippen LogP contribution in [0.2, 0.25) is 0 Å². The molecule has 0 amide bonds. The number of hydrogen-bond acceptors (Lipinski definition) is 3. The van der Waals surface area contributed by atoms with Gasteiger partial charge in [0, 0.05) is 10.2 Å². The number of hydrogen-bond donors (Lipinski definition) is 3. The molecule has 0 fully saturated rings. The summed E-state index contributed by atoms with van der Waals surface area (Å²) in [4.78, 5) is 0.776. The highest BCUT2D eigenvalue weighted by Crippen LogP contribution is 2.20. The minimum Gasteiger partial charge on any atom is -0.389 e. The molecule has 0 aromatic heterocycles. The topological polar surface area (TPSA) is 40.5 Å². The standard InChI is InChI=1S/C9H11BrO2S/c10-5-8(11)9(12)6-2-1-3-7(13)4-6/h1-4,8-9,11-13H,5H2. The molecule has 0 saturated carbocycles. The van der Waals surface area contributed by atoms with Gasteiger partial charge in [-0.15, -0.1) is 12.6 Å². The van der Waals surface area contributed by atoms with Crippen molar-refractivity contribution in [3.8, 4) is 0 Å². The number of alkyl halides is 1. The normalized spacial score (nSPS) is 15.4. The van der Waals surface area contributed by atoms with Crippen molar-refractivity contribution in [1.29, 1.82) is 0 Å². The van der Waals surface area contributed by atoms with Gasteiger partial charge in [0.15, 0.2) is 0 Å². The molecule has 2 N–H and O–H groups in total. The molecule has 0 aliphatic carbocycles. The predicted octanol–water partition coefficient (Wildman–Crippen LogP) is 1.76. The zero-order valence-electron chi connectivity index (χ0n) is 6.89. The smallest absolute Gasteiger partial charge is 0.106 e. The maximum Gasteiger partial charge on any atom is 0.106 e. The van der Waals surface area contributed by atoms with Gasteiger partial charge < -0.3 is 10.2 Å². The molecule has 0 spiro atoms. The van der Waals surface area contributed by atoms with Gasteiger partial charge in [-0.2, -0.15) is 0 Å². The van der Waals surface area contributed by atoms with Crippen LogP contribution in [0.3, 0.4) is 0 Å². The quantitative estimate of drug-likeness (QED) is 0.574. The first-order chi connectivity index (χ1) is 6.15. The lowest BCUT2D eigenvalue weighted by atomic mass is 10.1. The molecule has 4 heteroatoms. The number of thiol groups is 1. The van der Waals surface area contributed by atoms with Crippen LogP contribution in [0.4, 0.5) is 0 Å². The molecule has 0 heterocycles. The average Bonchev–Trinajstić information content (AvgIpc) is 2.15. The van der Waals surface area contributed by atoms with E-state index in [2.05, 4.69) is 28.6 Å². The maximum atomic E-state index is 9.60. The second kappa shape index (κ2) is 5.00.